The van der Waals surface area contributed by atoms with Gasteiger partial charge in [-0.2, -0.15) is 0 Å². The Morgan fingerprint density at radius 3 is 2.45 bits per heavy atom. The molecular formula is C25H23ClN2O5. The first-order chi connectivity index (χ1) is 15.8. The minimum atomic E-state index is -0.799. The number of hydrogen-bond donors (Lipinski definition) is 1. The number of amides is 1. The number of hydrogen-bond acceptors (Lipinski definition) is 6. The molecule has 2 heterocycles. The molecule has 1 unspecified atom stereocenters. The van der Waals surface area contributed by atoms with E-state index in [1.807, 2.05) is 43.3 Å². The average Bonchev–Trinajstić information content (AvgIpc) is 3.41. The van der Waals surface area contributed by atoms with Gasteiger partial charge in [-0.15, -0.1) is 0 Å². The number of likely N-dealkylation sites (tertiary alicyclic amines) is 1. The van der Waals surface area contributed by atoms with Gasteiger partial charge in [-0.25, -0.2) is 0 Å². The maximum Gasteiger partial charge on any atom is 0.296 e. The summed E-state index contributed by atoms with van der Waals surface area (Å²) in [5.41, 5.74) is 1.95. The Morgan fingerprint density at radius 1 is 1.15 bits per heavy atom. The number of furan rings is 1. The molecule has 2 aromatic carbocycles. The molecule has 1 saturated heterocycles. The van der Waals surface area contributed by atoms with Crippen LogP contribution in [0.4, 0.5) is 5.69 Å². The third-order valence-corrected chi connectivity index (χ3v) is 5.89. The van der Waals surface area contributed by atoms with E-state index in [2.05, 4.69) is 0 Å². The van der Waals surface area contributed by atoms with Gasteiger partial charge in [-0.3, -0.25) is 9.59 Å². The average molecular weight is 467 g/mol. The fourth-order valence-electron chi connectivity index (χ4n) is 3.88. The van der Waals surface area contributed by atoms with Crippen molar-refractivity contribution in [3.63, 3.8) is 0 Å². The molecule has 1 aliphatic rings. The number of aliphatic hydroxyl groups excluding tert-OH is 1. The number of carbonyl (C=O) groups excluding carboxylic acids is 2. The van der Waals surface area contributed by atoms with Gasteiger partial charge < -0.3 is 24.1 Å². The quantitative estimate of drug-likeness (QED) is 0.324. The highest BCUT2D eigenvalue weighted by Crippen LogP contribution is 2.41. The number of rotatable bonds is 6. The second-order valence-electron chi connectivity index (χ2n) is 7.84. The van der Waals surface area contributed by atoms with E-state index in [-0.39, 0.29) is 22.9 Å². The number of aliphatic hydroxyl groups is 1. The summed E-state index contributed by atoms with van der Waals surface area (Å²) in [5.74, 6) is -0.829. The summed E-state index contributed by atoms with van der Waals surface area (Å²) < 4.78 is 10.6. The van der Waals surface area contributed by atoms with Gasteiger partial charge in [0.25, 0.3) is 11.7 Å². The third kappa shape index (κ3) is 4.19. The Bertz CT molecular complexity index is 1220. The summed E-state index contributed by atoms with van der Waals surface area (Å²) in [7, 11) is 5.33. The molecule has 1 fully saturated rings. The van der Waals surface area contributed by atoms with Crippen LogP contribution in [0.3, 0.4) is 0 Å². The van der Waals surface area contributed by atoms with E-state index in [9.17, 15) is 14.7 Å². The fraction of sp³-hybridized carbons (Fsp3) is 0.200. The number of Topliss-reactive ketones (excluding diaryl/α,β-unsaturated/α-hetero) is 1. The van der Waals surface area contributed by atoms with Gasteiger partial charge >= 0.3 is 0 Å². The number of ether oxygens (including phenoxy) is 1. The second-order valence-corrected chi connectivity index (χ2v) is 8.25. The maximum absolute atomic E-state index is 13.1. The highest BCUT2D eigenvalue weighted by molar-refractivity contribution is 6.46. The van der Waals surface area contributed by atoms with Gasteiger partial charge in [0, 0.05) is 25.3 Å². The van der Waals surface area contributed by atoms with Crippen LogP contribution in [0.25, 0.3) is 5.76 Å². The van der Waals surface area contributed by atoms with Gasteiger partial charge in [0.1, 0.15) is 17.3 Å². The number of benzene rings is 2. The molecule has 0 spiro atoms. The first kappa shape index (κ1) is 22.5. The fourth-order valence-corrected chi connectivity index (χ4v) is 4.14. The van der Waals surface area contributed by atoms with Crippen LogP contribution in [-0.2, 0) is 16.1 Å². The standard InChI is InChI=1S/C25H23ClN2O5/c1-27(2)17-9-6-15(7-10-17)22-21(23(29)16-8-11-20(32-3)19(26)13-16)24(30)25(31)28(22)14-18-5-4-12-33-18/h4-13,22,29H,14H2,1-3H3/b23-21-. The Hall–Kier alpha value is -3.71. The highest BCUT2D eigenvalue weighted by Gasteiger charge is 2.46. The van der Waals surface area contributed by atoms with E-state index in [0.29, 0.717) is 22.6 Å². The molecule has 0 bridgehead atoms. The summed E-state index contributed by atoms with van der Waals surface area (Å²) in [4.78, 5) is 29.5. The molecule has 0 aliphatic carbocycles. The monoisotopic (exact) mass is 466 g/mol. The zero-order valence-corrected chi connectivity index (χ0v) is 19.2. The lowest BCUT2D eigenvalue weighted by Crippen LogP contribution is -2.29. The SMILES string of the molecule is COc1ccc(/C(O)=C2/C(=O)C(=O)N(Cc3ccco3)C2c2ccc(N(C)C)cc2)cc1Cl. The van der Waals surface area contributed by atoms with Crippen LogP contribution in [0, 0.1) is 0 Å². The van der Waals surface area contributed by atoms with Crippen molar-refractivity contribution in [2.24, 2.45) is 0 Å². The first-order valence-electron chi connectivity index (χ1n) is 10.2. The summed E-state index contributed by atoms with van der Waals surface area (Å²) in [6.45, 7) is 0.0812. The summed E-state index contributed by atoms with van der Waals surface area (Å²) in [5, 5.41) is 11.4. The summed E-state index contributed by atoms with van der Waals surface area (Å²) in [6.07, 6.45) is 1.51. The first-order valence-corrected chi connectivity index (χ1v) is 10.6. The molecule has 1 aliphatic heterocycles. The third-order valence-electron chi connectivity index (χ3n) is 5.60. The smallest absolute Gasteiger partial charge is 0.296 e. The topological polar surface area (TPSA) is 83.2 Å². The normalized spacial score (nSPS) is 17.5. The molecule has 33 heavy (non-hydrogen) atoms. The largest absolute Gasteiger partial charge is 0.507 e. The number of carbonyl (C=O) groups is 2. The zero-order valence-electron chi connectivity index (χ0n) is 18.4. The maximum atomic E-state index is 13.1. The number of methoxy groups -OCH3 is 1. The van der Waals surface area contributed by atoms with Gasteiger partial charge in [-0.1, -0.05) is 23.7 Å². The molecule has 170 valence electrons. The van der Waals surface area contributed by atoms with Gasteiger partial charge in [0.05, 0.1) is 36.6 Å². The van der Waals surface area contributed by atoms with Crippen molar-refractivity contribution in [1.82, 2.24) is 4.90 Å². The van der Waals surface area contributed by atoms with Crippen molar-refractivity contribution in [3.8, 4) is 5.75 Å². The number of anilines is 1. The van der Waals surface area contributed by atoms with Gasteiger partial charge in [0.2, 0.25) is 0 Å². The molecule has 3 aromatic rings. The summed E-state index contributed by atoms with van der Waals surface area (Å²) in [6, 6.07) is 14.8. The molecule has 7 nitrogen and oxygen atoms in total. The summed E-state index contributed by atoms with van der Waals surface area (Å²) >= 11 is 6.23. The predicted octanol–water partition coefficient (Wildman–Crippen LogP) is 4.63. The van der Waals surface area contributed by atoms with Crippen LogP contribution in [-0.4, -0.2) is 42.9 Å². The molecule has 1 amide bonds. The second kappa shape index (κ2) is 9.03. The zero-order chi connectivity index (χ0) is 23.7. The van der Waals surface area contributed by atoms with E-state index in [1.54, 1.807) is 24.3 Å². The Balaban J connectivity index is 1.85. The van der Waals surface area contributed by atoms with Crippen LogP contribution in [0.2, 0.25) is 5.02 Å². The van der Waals surface area contributed by atoms with Crippen LogP contribution in [0.1, 0.15) is 22.9 Å². The lowest BCUT2D eigenvalue weighted by Gasteiger charge is -2.25. The van der Waals surface area contributed by atoms with Crippen molar-refractivity contribution in [2.75, 3.05) is 26.1 Å². The predicted molar refractivity (Wildman–Crippen MR) is 125 cm³/mol. The van der Waals surface area contributed by atoms with Gasteiger partial charge in [0.15, 0.2) is 0 Å². The minimum absolute atomic E-state index is 0.00890. The van der Waals surface area contributed by atoms with Crippen molar-refractivity contribution in [1.29, 1.82) is 0 Å². The number of ketones is 1. The van der Waals surface area contributed by atoms with E-state index in [1.165, 1.54) is 24.3 Å². The molecule has 1 aromatic heterocycles. The number of nitrogens with zero attached hydrogens (tertiary/aromatic N) is 2. The van der Waals surface area contributed by atoms with Gasteiger partial charge in [-0.05, 0) is 48.0 Å². The van der Waals surface area contributed by atoms with E-state index < -0.39 is 17.7 Å². The van der Waals surface area contributed by atoms with Crippen molar-refractivity contribution in [3.05, 3.63) is 88.3 Å². The van der Waals surface area contributed by atoms with Crippen LogP contribution in [0.5, 0.6) is 5.75 Å². The molecule has 0 radical (unpaired) electrons. The van der Waals surface area contributed by atoms with Crippen LogP contribution < -0.4 is 9.64 Å². The molecule has 1 atom stereocenters. The lowest BCUT2D eigenvalue weighted by molar-refractivity contribution is -0.140. The van der Waals surface area contributed by atoms with Crippen molar-refractivity contribution >= 4 is 34.7 Å². The van der Waals surface area contributed by atoms with Crippen molar-refractivity contribution in [2.45, 2.75) is 12.6 Å². The molecule has 4 rings (SSSR count). The van der Waals surface area contributed by atoms with Crippen molar-refractivity contribution < 1.29 is 23.8 Å². The Kier molecular flexibility index (Phi) is 6.16. The van der Waals surface area contributed by atoms with Crippen LogP contribution >= 0.6 is 11.6 Å². The molecular weight excluding hydrogens is 444 g/mol. The van der Waals surface area contributed by atoms with E-state index in [0.717, 1.165) is 5.69 Å². The Morgan fingerprint density at radius 2 is 1.88 bits per heavy atom. The minimum Gasteiger partial charge on any atom is -0.507 e. The Labute approximate surface area is 196 Å². The molecule has 8 heteroatoms. The molecule has 1 N–H and O–H groups in total. The van der Waals surface area contributed by atoms with E-state index in [4.69, 9.17) is 20.8 Å². The lowest BCUT2D eigenvalue weighted by atomic mass is 9.95. The molecule has 0 saturated carbocycles. The highest BCUT2D eigenvalue weighted by atomic mass is 35.5. The number of halogens is 1. The van der Waals surface area contributed by atoms with E-state index >= 15 is 0 Å². The van der Waals surface area contributed by atoms with Crippen LogP contribution in [0.15, 0.2) is 70.9 Å².